The molecular formula is C23H29N3O3. The van der Waals surface area contributed by atoms with E-state index in [0.717, 1.165) is 50.9 Å². The quantitative estimate of drug-likeness (QED) is 0.774. The molecule has 0 spiro atoms. The summed E-state index contributed by atoms with van der Waals surface area (Å²) in [6, 6.07) is 9.97. The lowest BCUT2D eigenvalue weighted by molar-refractivity contribution is -0.144. The number of piperidine rings is 1. The zero-order valence-electron chi connectivity index (χ0n) is 17.0. The lowest BCUT2D eigenvalue weighted by atomic mass is 10.1. The van der Waals surface area contributed by atoms with Gasteiger partial charge in [0.15, 0.2) is 0 Å². The molecule has 1 aromatic carbocycles. The summed E-state index contributed by atoms with van der Waals surface area (Å²) in [6.45, 7) is 6.14. The lowest BCUT2D eigenvalue weighted by Gasteiger charge is -2.33. The molecule has 6 heteroatoms. The third-order valence-corrected chi connectivity index (χ3v) is 5.58. The minimum atomic E-state index is -0.0986. The number of carbonyl (C=O) groups is 1. The van der Waals surface area contributed by atoms with Crippen molar-refractivity contribution in [1.29, 1.82) is 0 Å². The Labute approximate surface area is 172 Å². The Balaban J connectivity index is 1.38. The number of aryl methyl sites for hydroxylation is 1. The molecule has 0 bridgehead atoms. The second-order valence-electron chi connectivity index (χ2n) is 7.90. The third kappa shape index (κ3) is 5.14. The molecule has 2 aliphatic rings. The first kappa shape index (κ1) is 19.9. The van der Waals surface area contributed by atoms with Crippen LogP contribution in [0, 0.1) is 6.92 Å². The number of ether oxygens (including phenoxy) is 1. The molecule has 6 nitrogen and oxygen atoms in total. The summed E-state index contributed by atoms with van der Waals surface area (Å²) in [5.74, 6) is 0.570. The largest absolute Gasteiger partial charge is 0.489 e. The van der Waals surface area contributed by atoms with Crippen LogP contribution in [0.25, 0.3) is 0 Å². The van der Waals surface area contributed by atoms with Crippen molar-refractivity contribution in [3.05, 3.63) is 59.4 Å². The van der Waals surface area contributed by atoms with Gasteiger partial charge >= 0.3 is 0 Å². The highest BCUT2D eigenvalue weighted by Crippen LogP contribution is 2.27. The highest BCUT2D eigenvalue weighted by atomic mass is 16.7. The second kappa shape index (κ2) is 9.37. The summed E-state index contributed by atoms with van der Waals surface area (Å²) in [6.07, 6.45) is 7.68. The number of nitrogens with zero attached hydrogens (tertiary/aromatic N) is 3. The molecule has 2 aliphatic heterocycles. The predicted molar refractivity (Wildman–Crippen MR) is 111 cm³/mol. The van der Waals surface area contributed by atoms with Crippen LogP contribution in [0.1, 0.15) is 47.2 Å². The van der Waals surface area contributed by atoms with E-state index in [2.05, 4.69) is 22.0 Å². The number of carbonyl (C=O) groups excluding carboxylic acids is 1. The van der Waals surface area contributed by atoms with Crippen molar-refractivity contribution in [2.24, 2.45) is 0 Å². The van der Waals surface area contributed by atoms with Crippen molar-refractivity contribution in [2.75, 3.05) is 26.2 Å². The van der Waals surface area contributed by atoms with Crippen molar-refractivity contribution in [2.45, 2.75) is 45.3 Å². The van der Waals surface area contributed by atoms with Gasteiger partial charge in [-0.3, -0.25) is 19.5 Å². The van der Waals surface area contributed by atoms with E-state index in [-0.39, 0.29) is 12.0 Å². The van der Waals surface area contributed by atoms with Gasteiger partial charge in [-0.25, -0.2) is 5.06 Å². The van der Waals surface area contributed by atoms with E-state index in [0.29, 0.717) is 24.5 Å². The maximum atomic E-state index is 13.0. The monoisotopic (exact) mass is 395 g/mol. The van der Waals surface area contributed by atoms with Crippen molar-refractivity contribution >= 4 is 5.91 Å². The first-order valence-electron chi connectivity index (χ1n) is 10.5. The van der Waals surface area contributed by atoms with Gasteiger partial charge in [0.1, 0.15) is 11.9 Å². The molecule has 154 valence electrons. The van der Waals surface area contributed by atoms with Crippen LogP contribution in [0.4, 0.5) is 0 Å². The van der Waals surface area contributed by atoms with E-state index in [1.807, 2.05) is 37.5 Å². The number of rotatable bonds is 5. The average Bonchev–Trinajstić information content (AvgIpc) is 2.77. The van der Waals surface area contributed by atoms with Crippen LogP contribution in [0.3, 0.4) is 0 Å². The minimum Gasteiger partial charge on any atom is -0.489 e. The predicted octanol–water partition coefficient (Wildman–Crippen LogP) is 3.60. The average molecular weight is 396 g/mol. The molecule has 1 amide bonds. The molecule has 4 rings (SSSR count). The number of hydroxylamine groups is 2. The highest BCUT2D eigenvalue weighted by molar-refractivity contribution is 5.96. The van der Waals surface area contributed by atoms with Crippen LogP contribution in [0.2, 0.25) is 0 Å². The topological polar surface area (TPSA) is 54.9 Å². The van der Waals surface area contributed by atoms with Gasteiger partial charge < -0.3 is 4.74 Å². The highest BCUT2D eigenvalue weighted by Gasteiger charge is 2.26. The molecule has 2 saturated heterocycles. The van der Waals surface area contributed by atoms with E-state index >= 15 is 0 Å². The fourth-order valence-electron chi connectivity index (χ4n) is 3.92. The van der Waals surface area contributed by atoms with E-state index in [1.54, 1.807) is 0 Å². The molecule has 3 heterocycles. The molecule has 0 saturated carbocycles. The maximum Gasteiger partial charge on any atom is 0.281 e. The summed E-state index contributed by atoms with van der Waals surface area (Å²) >= 11 is 0. The Morgan fingerprint density at radius 3 is 2.66 bits per heavy atom. The summed E-state index contributed by atoms with van der Waals surface area (Å²) in [5, 5.41) is 1.49. The van der Waals surface area contributed by atoms with Crippen molar-refractivity contribution < 1.29 is 14.4 Å². The number of hydrogen-bond acceptors (Lipinski definition) is 5. The Morgan fingerprint density at radius 2 is 1.93 bits per heavy atom. The summed E-state index contributed by atoms with van der Waals surface area (Å²) < 4.78 is 6.31. The Hall–Kier alpha value is -2.44. The number of hydrogen-bond donors (Lipinski definition) is 0. The molecule has 0 aliphatic carbocycles. The van der Waals surface area contributed by atoms with Crippen molar-refractivity contribution in [3.8, 4) is 5.75 Å². The van der Waals surface area contributed by atoms with Gasteiger partial charge in [-0.2, -0.15) is 0 Å². The van der Waals surface area contributed by atoms with Crippen molar-refractivity contribution in [3.63, 3.8) is 0 Å². The van der Waals surface area contributed by atoms with E-state index in [4.69, 9.17) is 9.57 Å². The number of benzene rings is 1. The molecule has 0 atom stereocenters. The van der Waals surface area contributed by atoms with Gasteiger partial charge in [-0.15, -0.1) is 0 Å². The Kier molecular flexibility index (Phi) is 6.42. The van der Waals surface area contributed by atoms with Crippen LogP contribution < -0.4 is 4.74 Å². The first-order chi connectivity index (χ1) is 14.2. The Morgan fingerprint density at radius 1 is 1.14 bits per heavy atom. The van der Waals surface area contributed by atoms with Crippen LogP contribution >= 0.6 is 0 Å². The maximum absolute atomic E-state index is 13.0. The van der Waals surface area contributed by atoms with E-state index in [9.17, 15) is 4.79 Å². The van der Waals surface area contributed by atoms with Crippen molar-refractivity contribution in [1.82, 2.24) is 14.9 Å². The van der Waals surface area contributed by atoms with E-state index in [1.165, 1.54) is 10.6 Å². The Bertz CT molecular complexity index is 813. The molecule has 29 heavy (non-hydrogen) atoms. The van der Waals surface area contributed by atoms with Crippen LogP contribution in [0.5, 0.6) is 5.75 Å². The summed E-state index contributed by atoms with van der Waals surface area (Å²) in [5.41, 5.74) is 2.93. The fourth-order valence-corrected chi connectivity index (χ4v) is 3.92. The molecule has 0 radical (unpaired) electrons. The number of likely N-dealkylation sites (tertiary alicyclic amines) is 1. The number of pyridine rings is 1. The fraction of sp³-hybridized carbons (Fsp3) is 0.478. The molecule has 2 fully saturated rings. The summed E-state index contributed by atoms with van der Waals surface area (Å²) in [4.78, 5) is 25.1. The van der Waals surface area contributed by atoms with Crippen LogP contribution in [-0.4, -0.2) is 53.2 Å². The SMILES string of the molecule is Cc1ccc(OC2CCN(Cc3ccncc3)CC2)c(C(=O)N2CCCCO2)c1. The lowest BCUT2D eigenvalue weighted by Crippen LogP contribution is -2.38. The van der Waals surface area contributed by atoms with Crippen LogP contribution in [-0.2, 0) is 11.4 Å². The van der Waals surface area contributed by atoms with Gasteiger partial charge in [-0.1, -0.05) is 11.6 Å². The third-order valence-electron chi connectivity index (χ3n) is 5.58. The normalized spacial score (nSPS) is 18.6. The van der Waals surface area contributed by atoms with Gasteiger partial charge in [0.05, 0.1) is 12.2 Å². The number of aromatic nitrogens is 1. The number of amides is 1. The molecular weight excluding hydrogens is 366 g/mol. The molecule has 0 N–H and O–H groups in total. The van der Waals surface area contributed by atoms with Gasteiger partial charge in [-0.05, 0) is 62.4 Å². The zero-order chi connectivity index (χ0) is 20.1. The molecule has 2 aromatic rings. The standard InChI is InChI=1S/C23H29N3O3/c1-18-4-5-22(21(16-18)23(27)26-12-2-3-15-28-26)29-20-8-13-25(14-9-20)17-19-6-10-24-11-7-19/h4-7,10-11,16,20H,2-3,8-9,12-15,17H2,1H3. The van der Waals surface area contributed by atoms with Gasteiger partial charge in [0, 0.05) is 38.6 Å². The van der Waals surface area contributed by atoms with E-state index < -0.39 is 0 Å². The minimum absolute atomic E-state index is 0.0986. The van der Waals surface area contributed by atoms with Gasteiger partial charge in [0.2, 0.25) is 0 Å². The van der Waals surface area contributed by atoms with Crippen LogP contribution in [0.15, 0.2) is 42.7 Å². The zero-order valence-corrected chi connectivity index (χ0v) is 17.0. The summed E-state index contributed by atoms with van der Waals surface area (Å²) in [7, 11) is 0. The molecule has 1 aromatic heterocycles. The first-order valence-corrected chi connectivity index (χ1v) is 10.5. The molecule has 0 unspecified atom stereocenters. The smallest absolute Gasteiger partial charge is 0.281 e. The van der Waals surface area contributed by atoms with Gasteiger partial charge in [0.25, 0.3) is 5.91 Å². The second-order valence-corrected chi connectivity index (χ2v) is 7.90.